The second-order valence-electron chi connectivity index (χ2n) is 5.29. The highest BCUT2D eigenvalue weighted by Gasteiger charge is 2.22. The van der Waals surface area contributed by atoms with Crippen LogP contribution in [0.15, 0.2) is 28.8 Å². The third-order valence-electron chi connectivity index (χ3n) is 3.78. The number of hydrogen-bond donors (Lipinski definition) is 1. The molecule has 0 aliphatic heterocycles. The van der Waals surface area contributed by atoms with E-state index in [0.29, 0.717) is 6.04 Å². The van der Waals surface area contributed by atoms with Crippen molar-refractivity contribution in [3.63, 3.8) is 0 Å². The maximum atomic E-state index is 5.52. The summed E-state index contributed by atoms with van der Waals surface area (Å²) in [6.07, 6.45) is 3.65. The van der Waals surface area contributed by atoms with E-state index < -0.39 is 0 Å². The quantitative estimate of drug-likeness (QED) is 0.890. The van der Waals surface area contributed by atoms with E-state index in [2.05, 4.69) is 48.6 Å². The van der Waals surface area contributed by atoms with Crippen LogP contribution < -0.4 is 5.32 Å². The molecule has 0 saturated heterocycles. The van der Waals surface area contributed by atoms with Gasteiger partial charge in [0.15, 0.2) is 5.76 Å². The van der Waals surface area contributed by atoms with Gasteiger partial charge in [0.05, 0.1) is 0 Å². The van der Waals surface area contributed by atoms with E-state index in [1.165, 1.54) is 18.4 Å². The topological polar surface area (TPSA) is 38.1 Å². The number of benzene rings is 1. The van der Waals surface area contributed by atoms with Gasteiger partial charge in [-0.25, -0.2) is 0 Å². The summed E-state index contributed by atoms with van der Waals surface area (Å²) in [6, 6.07) is 9.23. The highest BCUT2D eigenvalue weighted by Crippen LogP contribution is 2.27. The molecular formula is C16H20N2O. The van der Waals surface area contributed by atoms with Crippen molar-refractivity contribution in [3.05, 3.63) is 41.1 Å². The van der Waals surface area contributed by atoms with E-state index >= 15 is 0 Å². The average Bonchev–Trinajstić information content (AvgIpc) is 3.20. The zero-order valence-corrected chi connectivity index (χ0v) is 11.6. The molecule has 3 nitrogen and oxygen atoms in total. The molecule has 0 unspecified atom stereocenters. The SMILES string of the molecule is CCc1ccc(-c2onc(CNC3CC3)c2C)cc1. The van der Waals surface area contributed by atoms with E-state index in [1.54, 1.807) is 0 Å². The first-order valence-corrected chi connectivity index (χ1v) is 7.05. The lowest BCUT2D eigenvalue weighted by atomic mass is 10.0. The van der Waals surface area contributed by atoms with Crippen LogP contribution in [0.5, 0.6) is 0 Å². The molecule has 1 aromatic heterocycles. The van der Waals surface area contributed by atoms with Gasteiger partial charge < -0.3 is 9.84 Å². The molecular weight excluding hydrogens is 236 g/mol. The van der Waals surface area contributed by atoms with Gasteiger partial charge in [0, 0.05) is 23.7 Å². The summed E-state index contributed by atoms with van der Waals surface area (Å²) in [5.41, 5.74) is 4.63. The Kier molecular flexibility index (Phi) is 3.38. The van der Waals surface area contributed by atoms with Crippen molar-refractivity contribution in [2.75, 3.05) is 0 Å². The van der Waals surface area contributed by atoms with Crippen LogP contribution in [0.4, 0.5) is 0 Å². The number of nitrogens with one attached hydrogen (secondary N) is 1. The second-order valence-corrected chi connectivity index (χ2v) is 5.29. The fraction of sp³-hybridized carbons (Fsp3) is 0.438. The highest BCUT2D eigenvalue weighted by atomic mass is 16.5. The van der Waals surface area contributed by atoms with Gasteiger partial charge in [0.25, 0.3) is 0 Å². The predicted molar refractivity (Wildman–Crippen MR) is 75.9 cm³/mol. The zero-order valence-electron chi connectivity index (χ0n) is 11.6. The lowest BCUT2D eigenvalue weighted by molar-refractivity contribution is 0.419. The smallest absolute Gasteiger partial charge is 0.170 e. The summed E-state index contributed by atoms with van der Waals surface area (Å²) >= 11 is 0. The normalized spacial score (nSPS) is 14.8. The van der Waals surface area contributed by atoms with Crippen LogP contribution in [-0.4, -0.2) is 11.2 Å². The van der Waals surface area contributed by atoms with Crippen LogP contribution in [0.3, 0.4) is 0 Å². The van der Waals surface area contributed by atoms with Crippen molar-refractivity contribution in [2.45, 2.75) is 45.7 Å². The maximum Gasteiger partial charge on any atom is 0.170 e. The van der Waals surface area contributed by atoms with E-state index in [4.69, 9.17) is 4.52 Å². The van der Waals surface area contributed by atoms with Gasteiger partial charge in [-0.15, -0.1) is 0 Å². The summed E-state index contributed by atoms with van der Waals surface area (Å²) in [5.74, 6) is 0.898. The fourth-order valence-electron chi connectivity index (χ4n) is 2.22. The van der Waals surface area contributed by atoms with Crippen LogP contribution in [0.1, 0.15) is 36.6 Å². The molecule has 3 heteroatoms. The lowest BCUT2D eigenvalue weighted by Gasteiger charge is -2.01. The van der Waals surface area contributed by atoms with E-state index in [1.807, 2.05) is 0 Å². The largest absolute Gasteiger partial charge is 0.356 e. The Morgan fingerprint density at radius 3 is 2.63 bits per heavy atom. The Balaban J connectivity index is 1.79. The van der Waals surface area contributed by atoms with Crippen LogP contribution in [-0.2, 0) is 13.0 Å². The second kappa shape index (κ2) is 5.17. The molecule has 1 heterocycles. The third-order valence-corrected chi connectivity index (χ3v) is 3.78. The van der Waals surface area contributed by atoms with Crippen molar-refractivity contribution < 1.29 is 4.52 Å². The fourth-order valence-corrected chi connectivity index (χ4v) is 2.22. The lowest BCUT2D eigenvalue weighted by Crippen LogP contribution is -2.16. The minimum atomic E-state index is 0.698. The summed E-state index contributed by atoms with van der Waals surface area (Å²) in [7, 11) is 0. The van der Waals surface area contributed by atoms with Crippen molar-refractivity contribution in [1.29, 1.82) is 0 Å². The Morgan fingerprint density at radius 1 is 1.26 bits per heavy atom. The number of aromatic nitrogens is 1. The summed E-state index contributed by atoms with van der Waals surface area (Å²) < 4.78 is 5.52. The average molecular weight is 256 g/mol. The van der Waals surface area contributed by atoms with Gasteiger partial charge in [-0.2, -0.15) is 0 Å². The number of nitrogens with zero attached hydrogens (tertiary/aromatic N) is 1. The number of aryl methyl sites for hydroxylation is 1. The molecule has 0 spiro atoms. The first-order chi connectivity index (χ1) is 9.28. The van der Waals surface area contributed by atoms with E-state index in [-0.39, 0.29) is 0 Å². The van der Waals surface area contributed by atoms with Crippen molar-refractivity contribution >= 4 is 0 Å². The summed E-state index contributed by atoms with van der Waals surface area (Å²) in [6.45, 7) is 5.06. The first-order valence-electron chi connectivity index (χ1n) is 7.05. The first kappa shape index (κ1) is 12.4. The predicted octanol–water partition coefficient (Wildman–Crippen LogP) is 3.46. The van der Waals surface area contributed by atoms with Gasteiger partial charge in [0.1, 0.15) is 5.69 Å². The van der Waals surface area contributed by atoms with Crippen molar-refractivity contribution in [2.24, 2.45) is 0 Å². The minimum absolute atomic E-state index is 0.698. The molecule has 1 aliphatic rings. The molecule has 0 atom stereocenters. The van der Waals surface area contributed by atoms with Gasteiger partial charge >= 0.3 is 0 Å². The van der Waals surface area contributed by atoms with E-state index in [0.717, 1.165) is 35.5 Å². The van der Waals surface area contributed by atoms with Crippen LogP contribution in [0.2, 0.25) is 0 Å². The van der Waals surface area contributed by atoms with Gasteiger partial charge in [-0.1, -0.05) is 36.3 Å². The molecule has 0 bridgehead atoms. The molecule has 19 heavy (non-hydrogen) atoms. The Hall–Kier alpha value is -1.61. The zero-order chi connectivity index (χ0) is 13.2. The van der Waals surface area contributed by atoms with Crippen molar-refractivity contribution in [1.82, 2.24) is 10.5 Å². The molecule has 1 saturated carbocycles. The summed E-state index contributed by atoms with van der Waals surface area (Å²) in [4.78, 5) is 0. The Morgan fingerprint density at radius 2 is 2.00 bits per heavy atom. The van der Waals surface area contributed by atoms with Gasteiger partial charge in [0.2, 0.25) is 0 Å². The molecule has 1 aromatic carbocycles. The molecule has 1 aliphatic carbocycles. The van der Waals surface area contributed by atoms with Gasteiger partial charge in [-0.05, 0) is 31.7 Å². The molecule has 2 aromatic rings. The monoisotopic (exact) mass is 256 g/mol. The minimum Gasteiger partial charge on any atom is -0.356 e. The standard InChI is InChI=1S/C16H20N2O/c1-3-12-4-6-13(7-5-12)16-11(2)15(18-19-16)10-17-14-8-9-14/h4-7,14,17H,3,8-10H2,1-2H3. The maximum absolute atomic E-state index is 5.52. The van der Waals surface area contributed by atoms with Crippen molar-refractivity contribution in [3.8, 4) is 11.3 Å². The van der Waals surface area contributed by atoms with Crippen LogP contribution >= 0.6 is 0 Å². The molecule has 100 valence electrons. The number of hydrogen-bond acceptors (Lipinski definition) is 3. The Labute approximate surface area is 114 Å². The highest BCUT2D eigenvalue weighted by molar-refractivity contribution is 5.62. The molecule has 1 fully saturated rings. The van der Waals surface area contributed by atoms with Crippen LogP contribution in [0.25, 0.3) is 11.3 Å². The van der Waals surface area contributed by atoms with Gasteiger partial charge in [-0.3, -0.25) is 0 Å². The molecule has 1 N–H and O–H groups in total. The van der Waals surface area contributed by atoms with E-state index in [9.17, 15) is 0 Å². The third kappa shape index (κ3) is 2.71. The molecule has 0 amide bonds. The number of rotatable bonds is 5. The Bertz CT molecular complexity index is 553. The summed E-state index contributed by atoms with van der Waals surface area (Å²) in [5, 5.41) is 7.67. The van der Waals surface area contributed by atoms with Crippen LogP contribution in [0, 0.1) is 6.92 Å². The molecule has 3 rings (SSSR count). The molecule has 0 radical (unpaired) electrons.